The fraction of sp³-hybridized carbons (Fsp3) is 0.786. The lowest BCUT2D eigenvalue weighted by Gasteiger charge is -2.27. The largest absolute Gasteiger partial charge is 0.381 e. The predicted molar refractivity (Wildman–Crippen MR) is 82.3 cm³/mol. The first kappa shape index (κ1) is 18.9. The summed E-state index contributed by atoms with van der Waals surface area (Å²) in [6, 6.07) is -1.64. The molecule has 0 aromatic rings. The van der Waals surface area contributed by atoms with Gasteiger partial charge >= 0.3 is 0 Å². The van der Waals surface area contributed by atoms with Crippen molar-refractivity contribution in [3.8, 4) is 0 Å². The molecule has 126 valence electrons. The minimum absolute atomic E-state index is 0. The van der Waals surface area contributed by atoms with Crippen molar-refractivity contribution in [3.05, 3.63) is 0 Å². The number of carbonyl (C=O) groups excluding carboxylic acids is 3. The Morgan fingerprint density at radius 3 is 2.41 bits per heavy atom. The third-order valence-corrected chi connectivity index (χ3v) is 4.09. The van der Waals surface area contributed by atoms with Crippen LogP contribution < -0.4 is 11.1 Å². The lowest BCUT2D eigenvalue weighted by Crippen LogP contribution is -2.52. The quantitative estimate of drug-likeness (QED) is 0.695. The zero-order valence-corrected chi connectivity index (χ0v) is 13.7. The van der Waals surface area contributed by atoms with Gasteiger partial charge < -0.3 is 15.8 Å². The normalized spacial score (nSPS) is 24.4. The van der Waals surface area contributed by atoms with Gasteiger partial charge in [0.15, 0.2) is 0 Å². The minimum atomic E-state index is -0.779. The van der Waals surface area contributed by atoms with Crippen molar-refractivity contribution in [2.75, 3.05) is 13.2 Å². The second kappa shape index (κ2) is 7.89. The van der Waals surface area contributed by atoms with E-state index >= 15 is 0 Å². The van der Waals surface area contributed by atoms with Gasteiger partial charge in [-0.25, -0.2) is 0 Å². The van der Waals surface area contributed by atoms with Crippen molar-refractivity contribution in [1.82, 2.24) is 10.2 Å². The first-order valence-electron chi connectivity index (χ1n) is 7.41. The molecule has 2 aliphatic heterocycles. The van der Waals surface area contributed by atoms with Crippen LogP contribution in [-0.2, 0) is 19.1 Å². The summed E-state index contributed by atoms with van der Waals surface area (Å²) in [6.45, 7) is 4.75. The summed E-state index contributed by atoms with van der Waals surface area (Å²) < 4.78 is 5.24. The van der Waals surface area contributed by atoms with E-state index in [1.165, 1.54) is 4.90 Å². The smallest absolute Gasteiger partial charge is 0.252 e. The van der Waals surface area contributed by atoms with Gasteiger partial charge in [0.05, 0.1) is 12.5 Å². The molecule has 0 spiro atoms. The van der Waals surface area contributed by atoms with E-state index in [0.717, 1.165) is 12.8 Å². The number of hydrogen-bond donors (Lipinski definition) is 2. The van der Waals surface area contributed by atoms with Gasteiger partial charge in [-0.1, -0.05) is 0 Å². The van der Waals surface area contributed by atoms with Gasteiger partial charge in [0.2, 0.25) is 11.8 Å². The van der Waals surface area contributed by atoms with Crippen LogP contribution in [0.15, 0.2) is 0 Å². The van der Waals surface area contributed by atoms with Crippen molar-refractivity contribution < 1.29 is 19.1 Å². The number of nitrogens with two attached hydrogens (primary N) is 1. The van der Waals surface area contributed by atoms with E-state index in [0.29, 0.717) is 13.2 Å². The Kier molecular flexibility index (Phi) is 6.77. The van der Waals surface area contributed by atoms with Gasteiger partial charge in [-0.15, -0.1) is 12.4 Å². The second-order valence-electron chi connectivity index (χ2n) is 5.94. The number of carbonyl (C=O) groups is 3. The molecule has 2 fully saturated rings. The Hall–Kier alpha value is -1.18. The fourth-order valence-electron chi connectivity index (χ4n) is 2.86. The SMILES string of the molecule is CC(C)N1C(=O)CC(NC(=O)C(N)C2CCOCC2)C1=O.Cl. The maximum Gasteiger partial charge on any atom is 0.252 e. The van der Waals surface area contributed by atoms with E-state index in [1.807, 2.05) is 0 Å². The Bertz CT molecular complexity index is 438. The number of rotatable bonds is 4. The van der Waals surface area contributed by atoms with Gasteiger partial charge in [0, 0.05) is 19.3 Å². The first-order chi connectivity index (χ1) is 9.91. The van der Waals surface area contributed by atoms with Crippen LogP contribution in [0.1, 0.15) is 33.1 Å². The predicted octanol–water partition coefficient (Wildman–Crippen LogP) is -0.186. The molecular weight excluding hydrogens is 310 g/mol. The van der Waals surface area contributed by atoms with Crippen LogP contribution in [0.2, 0.25) is 0 Å². The molecule has 7 nitrogen and oxygen atoms in total. The highest BCUT2D eigenvalue weighted by atomic mass is 35.5. The van der Waals surface area contributed by atoms with Gasteiger partial charge in [0.1, 0.15) is 6.04 Å². The van der Waals surface area contributed by atoms with E-state index in [1.54, 1.807) is 13.8 Å². The molecule has 22 heavy (non-hydrogen) atoms. The van der Waals surface area contributed by atoms with Crippen LogP contribution in [0.4, 0.5) is 0 Å². The van der Waals surface area contributed by atoms with E-state index < -0.39 is 12.1 Å². The average Bonchev–Trinajstić information content (AvgIpc) is 2.73. The number of halogens is 1. The van der Waals surface area contributed by atoms with Crippen molar-refractivity contribution in [2.24, 2.45) is 11.7 Å². The van der Waals surface area contributed by atoms with Crippen LogP contribution in [0.25, 0.3) is 0 Å². The summed E-state index contributed by atoms with van der Waals surface area (Å²) in [7, 11) is 0. The van der Waals surface area contributed by atoms with Crippen molar-refractivity contribution >= 4 is 30.1 Å². The Morgan fingerprint density at radius 1 is 1.32 bits per heavy atom. The number of nitrogens with zero attached hydrogens (tertiary/aromatic N) is 1. The van der Waals surface area contributed by atoms with Crippen molar-refractivity contribution in [1.29, 1.82) is 0 Å². The van der Waals surface area contributed by atoms with Crippen LogP contribution in [0, 0.1) is 5.92 Å². The summed E-state index contributed by atoms with van der Waals surface area (Å²) in [5, 5.41) is 2.62. The van der Waals surface area contributed by atoms with Crippen molar-refractivity contribution in [2.45, 2.75) is 51.2 Å². The number of nitrogens with one attached hydrogen (secondary N) is 1. The number of hydrogen-bond acceptors (Lipinski definition) is 5. The molecule has 3 amide bonds. The molecular formula is C14H24ClN3O4. The lowest BCUT2D eigenvalue weighted by atomic mass is 9.91. The minimum Gasteiger partial charge on any atom is -0.381 e. The van der Waals surface area contributed by atoms with Gasteiger partial charge in [0.25, 0.3) is 5.91 Å². The second-order valence-corrected chi connectivity index (χ2v) is 5.94. The summed E-state index contributed by atoms with van der Waals surface area (Å²) >= 11 is 0. The molecule has 8 heteroatoms. The summed E-state index contributed by atoms with van der Waals surface area (Å²) in [4.78, 5) is 37.3. The Balaban J connectivity index is 0.00000242. The Morgan fingerprint density at radius 2 is 1.91 bits per heavy atom. The first-order valence-corrected chi connectivity index (χ1v) is 7.41. The highest BCUT2D eigenvalue weighted by Gasteiger charge is 2.41. The highest BCUT2D eigenvalue weighted by Crippen LogP contribution is 2.19. The maximum absolute atomic E-state index is 12.2. The van der Waals surface area contributed by atoms with Crippen LogP contribution in [0.3, 0.4) is 0 Å². The van der Waals surface area contributed by atoms with Crippen LogP contribution in [-0.4, -0.2) is 54.0 Å². The number of ether oxygens (including phenoxy) is 1. The van der Waals surface area contributed by atoms with Crippen LogP contribution in [0.5, 0.6) is 0 Å². The molecule has 2 saturated heterocycles. The van der Waals surface area contributed by atoms with Crippen molar-refractivity contribution in [3.63, 3.8) is 0 Å². The number of amides is 3. The third-order valence-electron chi connectivity index (χ3n) is 4.09. The molecule has 0 aromatic heterocycles. The maximum atomic E-state index is 12.2. The zero-order valence-electron chi connectivity index (χ0n) is 12.9. The summed E-state index contributed by atoms with van der Waals surface area (Å²) in [6.07, 6.45) is 1.50. The monoisotopic (exact) mass is 333 g/mol. The Labute approximate surface area is 136 Å². The van der Waals surface area contributed by atoms with E-state index in [9.17, 15) is 14.4 Å². The number of likely N-dealkylation sites (tertiary alicyclic amines) is 1. The molecule has 2 unspecified atom stereocenters. The molecule has 0 saturated carbocycles. The third kappa shape index (κ3) is 3.97. The molecule has 0 aromatic carbocycles. The molecule has 2 rings (SSSR count). The summed E-state index contributed by atoms with van der Waals surface area (Å²) in [5.41, 5.74) is 5.97. The zero-order chi connectivity index (χ0) is 15.6. The molecule has 2 heterocycles. The molecule has 0 bridgehead atoms. The van der Waals surface area contributed by atoms with Gasteiger partial charge in [-0.05, 0) is 32.6 Å². The lowest BCUT2D eigenvalue weighted by molar-refractivity contribution is -0.141. The van der Waals surface area contributed by atoms with Crippen LogP contribution >= 0.6 is 12.4 Å². The van der Waals surface area contributed by atoms with E-state index in [4.69, 9.17) is 10.5 Å². The highest BCUT2D eigenvalue weighted by molar-refractivity contribution is 6.07. The standard InChI is InChI=1S/C14H23N3O4.ClH/c1-8(2)17-11(18)7-10(14(17)20)16-13(19)12(15)9-3-5-21-6-4-9;/h8-10,12H,3-7,15H2,1-2H3,(H,16,19);1H. The van der Waals surface area contributed by atoms with Gasteiger partial charge in [-0.2, -0.15) is 0 Å². The molecule has 2 atom stereocenters. The van der Waals surface area contributed by atoms with E-state index in [-0.39, 0.29) is 48.5 Å². The molecule has 3 N–H and O–H groups in total. The van der Waals surface area contributed by atoms with E-state index in [2.05, 4.69) is 5.32 Å². The topological polar surface area (TPSA) is 102 Å². The van der Waals surface area contributed by atoms with Gasteiger partial charge in [-0.3, -0.25) is 19.3 Å². The molecule has 0 radical (unpaired) electrons. The number of imide groups is 1. The average molecular weight is 334 g/mol. The molecule has 0 aliphatic carbocycles. The summed E-state index contributed by atoms with van der Waals surface area (Å²) in [5.74, 6) is -0.895. The molecule has 2 aliphatic rings. The fourth-order valence-corrected chi connectivity index (χ4v) is 2.86.